The second kappa shape index (κ2) is 2.35. The van der Waals surface area contributed by atoms with Crippen LogP contribution >= 0.6 is 0 Å². The van der Waals surface area contributed by atoms with Gasteiger partial charge in [-0.15, -0.1) is 0 Å². The lowest BCUT2D eigenvalue weighted by Crippen LogP contribution is -2.24. The number of hydrogen-bond donors (Lipinski definition) is 2. The van der Waals surface area contributed by atoms with E-state index in [1.165, 1.54) is 0 Å². The highest BCUT2D eigenvalue weighted by molar-refractivity contribution is 5.82. The first-order valence-corrected chi connectivity index (χ1v) is 3.21. The molecule has 9 heavy (non-hydrogen) atoms. The predicted molar refractivity (Wildman–Crippen MR) is 32.8 cm³/mol. The van der Waals surface area contributed by atoms with Gasteiger partial charge in [0.15, 0.2) is 0 Å². The molecule has 0 aromatic carbocycles. The Bertz CT molecular complexity index is 124. The van der Waals surface area contributed by atoms with Crippen LogP contribution in [-0.2, 0) is 4.79 Å². The Kier molecular flexibility index (Phi) is 1.71. The first kappa shape index (κ1) is 6.55. The maximum absolute atomic E-state index is 10.6. The first-order valence-electron chi connectivity index (χ1n) is 3.21. The Morgan fingerprint density at radius 2 is 2.56 bits per heavy atom. The zero-order valence-corrected chi connectivity index (χ0v) is 5.42. The molecule has 3 heteroatoms. The molecule has 1 aliphatic rings. The molecule has 0 aliphatic carbocycles. The van der Waals surface area contributed by atoms with Crippen LogP contribution in [0.2, 0.25) is 0 Å². The molecule has 0 bridgehead atoms. The van der Waals surface area contributed by atoms with E-state index < -0.39 is 6.10 Å². The second-order valence-electron chi connectivity index (χ2n) is 2.36. The zero-order chi connectivity index (χ0) is 6.85. The smallest absolute Gasteiger partial charge is 0.249 e. The van der Waals surface area contributed by atoms with Crippen molar-refractivity contribution in [3.05, 3.63) is 0 Å². The van der Waals surface area contributed by atoms with E-state index in [-0.39, 0.29) is 11.8 Å². The van der Waals surface area contributed by atoms with Crippen LogP contribution in [0.15, 0.2) is 0 Å². The third-order valence-electron chi connectivity index (χ3n) is 1.78. The van der Waals surface area contributed by atoms with Crippen molar-refractivity contribution < 1.29 is 9.90 Å². The molecule has 2 N–H and O–H groups in total. The quantitative estimate of drug-likeness (QED) is 0.501. The average Bonchev–Trinajstić information content (AvgIpc) is 2.15. The molecule has 0 radical (unpaired) electrons. The Morgan fingerprint density at radius 3 is 2.78 bits per heavy atom. The molecule has 52 valence electrons. The van der Waals surface area contributed by atoms with Gasteiger partial charge in [-0.25, -0.2) is 0 Å². The Morgan fingerprint density at radius 1 is 1.89 bits per heavy atom. The molecule has 1 fully saturated rings. The van der Waals surface area contributed by atoms with E-state index in [4.69, 9.17) is 5.11 Å². The van der Waals surface area contributed by atoms with Gasteiger partial charge in [-0.1, -0.05) is 6.92 Å². The van der Waals surface area contributed by atoms with Crippen molar-refractivity contribution in [3.8, 4) is 0 Å². The number of aliphatic hydroxyl groups is 1. The second-order valence-corrected chi connectivity index (χ2v) is 2.36. The third-order valence-corrected chi connectivity index (χ3v) is 1.78. The first-order chi connectivity index (χ1) is 4.25. The molecule has 1 heterocycles. The fourth-order valence-corrected chi connectivity index (χ4v) is 1.03. The van der Waals surface area contributed by atoms with E-state index >= 15 is 0 Å². The van der Waals surface area contributed by atoms with Gasteiger partial charge in [0.1, 0.15) is 6.10 Å². The topological polar surface area (TPSA) is 49.3 Å². The highest BCUT2D eigenvalue weighted by Gasteiger charge is 2.30. The minimum Gasteiger partial charge on any atom is -0.383 e. The van der Waals surface area contributed by atoms with Gasteiger partial charge in [0.05, 0.1) is 0 Å². The summed E-state index contributed by atoms with van der Waals surface area (Å²) in [5, 5.41) is 11.6. The fraction of sp³-hybridized carbons (Fsp3) is 0.833. The van der Waals surface area contributed by atoms with Crippen LogP contribution in [0.4, 0.5) is 0 Å². The molecule has 2 atom stereocenters. The van der Waals surface area contributed by atoms with Crippen molar-refractivity contribution in [3.63, 3.8) is 0 Å². The molecule has 3 nitrogen and oxygen atoms in total. The van der Waals surface area contributed by atoms with Crippen LogP contribution < -0.4 is 5.32 Å². The van der Waals surface area contributed by atoms with E-state index in [0.29, 0.717) is 6.54 Å². The Hall–Kier alpha value is -0.570. The number of nitrogens with one attached hydrogen (secondary N) is 1. The molecule has 0 aromatic rings. The average molecular weight is 129 g/mol. The van der Waals surface area contributed by atoms with Crippen molar-refractivity contribution in [2.45, 2.75) is 19.4 Å². The van der Waals surface area contributed by atoms with Crippen molar-refractivity contribution in [2.24, 2.45) is 5.92 Å². The normalized spacial score (nSPS) is 34.7. The summed E-state index contributed by atoms with van der Waals surface area (Å²) in [5.41, 5.74) is 0. The molecule has 1 aliphatic heterocycles. The summed E-state index contributed by atoms with van der Waals surface area (Å²) in [6, 6.07) is 0. The summed E-state index contributed by atoms with van der Waals surface area (Å²) >= 11 is 0. The SMILES string of the molecule is CC[C@H]1CNC(=O)[C@@H]1O. The number of hydrogen-bond acceptors (Lipinski definition) is 2. The lowest BCUT2D eigenvalue weighted by Gasteiger charge is -2.05. The van der Waals surface area contributed by atoms with Gasteiger partial charge in [0.2, 0.25) is 5.91 Å². The highest BCUT2D eigenvalue weighted by atomic mass is 16.3. The third kappa shape index (κ3) is 1.05. The summed E-state index contributed by atoms with van der Waals surface area (Å²) in [6.07, 6.45) is 0.106. The van der Waals surface area contributed by atoms with Crippen LogP contribution in [0.25, 0.3) is 0 Å². The van der Waals surface area contributed by atoms with Gasteiger partial charge in [0.25, 0.3) is 0 Å². The summed E-state index contributed by atoms with van der Waals surface area (Å²) in [4.78, 5) is 10.6. The van der Waals surface area contributed by atoms with E-state index in [1.807, 2.05) is 6.92 Å². The molecular weight excluding hydrogens is 118 g/mol. The van der Waals surface area contributed by atoms with Gasteiger partial charge < -0.3 is 10.4 Å². The van der Waals surface area contributed by atoms with E-state index in [9.17, 15) is 4.79 Å². The largest absolute Gasteiger partial charge is 0.383 e. The van der Waals surface area contributed by atoms with Crippen molar-refractivity contribution in [2.75, 3.05) is 6.54 Å². The Balaban J connectivity index is 2.51. The lowest BCUT2D eigenvalue weighted by molar-refractivity contribution is -0.127. The fourth-order valence-electron chi connectivity index (χ4n) is 1.03. The summed E-state index contributed by atoms with van der Waals surface area (Å²) in [7, 11) is 0. The van der Waals surface area contributed by atoms with Crippen LogP contribution in [0.1, 0.15) is 13.3 Å². The zero-order valence-electron chi connectivity index (χ0n) is 5.42. The summed E-state index contributed by atoms with van der Waals surface area (Å²) in [5.74, 6) is -0.0839. The van der Waals surface area contributed by atoms with Crippen LogP contribution in [0, 0.1) is 5.92 Å². The van der Waals surface area contributed by atoms with Gasteiger partial charge >= 0.3 is 0 Å². The molecule has 0 spiro atoms. The summed E-state index contributed by atoms with van der Waals surface area (Å²) < 4.78 is 0. The molecule has 0 aromatic heterocycles. The van der Waals surface area contributed by atoms with E-state index in [0.717, 1.165) is 6.42 Å². The number of amides is 1. The predicted octanol–water partition coefficient (Wildman–Crippen LogP) is -0.497. The molecule has 1 rings (SSSR count). The van der Waals surface area contributed by atoms with Crippen molar-refractivity contribution in [1.82, 2.24) is 5.32 Å². The summed E-state index contributed by atoms with van der Waals surface area (Å²) in [6.45, 7) is 2.60. The standard InChI is InChI=1S/C6H11NO2/c1-2-4-3-7-6(9)5(4)8/h4-5,8H,2-3H2,1H3,(H,7,9)/t4-,5+/m0/s1. The molecule has 1 saturated heterocycles. The molecule has 1 amide bonds. The molecule has 0 unspecified atom stereocenters. The van der Waals surface area contributed by atoms with Crippen molar-refractivity contribution >= 4 is 5.91 Å². The van der Waals surface area contributed by atoms with Gasteiger partial charge in [-0.05, 0) is 6.42 Å². The maximum Gasteiger partial charge on any atom is 0.249 e. The monoisotopic (exact) mass is 129 g/mol. The highest BCUT2D eigenvalue weighted by Crippen LogP contribution is 2.12. The Labute approximate surface area is 54.1 Å². The van der Waals surface area contributed by atoms with Crippen LogP contribution in [0.5, 0.6) is 0 Å². The molecular formula is C6H11NO2. The molecule has 0 saturated carbocycles. The van der Waals surface area contributed by atoms with Gasteiger partial charge in [0, 0.05) is 12.5 Å². The van der Waals surface area contributed by atoms with Gasteiger partial charge in [-0.2, -0.15) is 0 Å². The maximum atomic E-state index is 10.6. The number of carbonyl (C=O) groups is 1. The minimum absolute atomic E-state index is 0.137. The number of carbonyl (C=O) groups excluding carboxylic acids is 1. The van der Waals surface area contributed by atoms with E-state index in [2.05, 4.69) is 5.32 Å². The van der Waals surface area contributed by atoms with E-state index in [1.54, 1.807) is 0 Å². The van der Waals surface area contributed by atoms with Gasteiger partial charge in [-0.3, -0.25) is 4.79 Å². The van der Waals surface area contributed by atoms with Crippen LogP contribution in [0.3, 0.4) is 0 Å². The minimum atomic E-state index is -0.755. The number of aliphatic hydroxyl groups excluding tert-OH is 1. The van der Waals surface area contributed by atoms with Crippen LogP contribution in [-0.4, -0.2) is 23.7 Å². The van der Waals surface area contributed by atoms with Crippen molar-refractivity contribution in [1.29, 1.82) is 0 Å². The lowest BCUT2D eigenvalue weighted by atomic mass is 10.0. The number of rotatable bonds is 1.